The molecule has 19 heavy (non-hydrogen) atoms. The molecule has 0 heterocycles. The molecule has 1 saturated carbocycles. The Hall–Kier alpha value is -0.670. The lowest BCUT2D eigenvalue weighted by Gasteiger charge is -2.29. The molecule has 0 amide bonds. The summed E-state index contributed by atoms with van der Waals surface area (Å²) in [5, 5.41) is 0. The minimum atomic E-state index is -1.01. The van der Waals surface area contributed by atoms with Crippen LogP contribution in [0, 0.1) is 0 Å². The van der Waals surface area contributed by atoms with Crippen LogP contribution in [0.15, 0.2) is 29.2 Å². The first kappa shape index (κ1) is 14.7. The second kappa shape index (κ2) is 6.67. The Bertz CT molecular complexity index is 421. The van der Waals surface area contributed by atoms with E-state index < -0.39 is 11.0 Å². The normalized spacial score (nSPS) is 19.0. The Labute approximate surface area is 119 Å². The maximum atomic E-state index is 12.6. The number of nitrogens with zero attached hydrogens (tertiary/aromatic N) is 1. The van der Waals surface area contributed by atoms with E-state index in [4.69, 9.17) is 0 Å². The molecule has 1 aromatic carbocycles. The molecule has 0 aromatic heterocycles. The van der Waals surface area contributed by atoms with Gasteiger partial charge in [-0.2, -0.15) is 0 Å². The van der Waals surface area contributed by atoms with Crippen LogP contribution in [0.3, 0.4) is 0 Å². The zero-order valence-electron chi connectivity index (χ0n) is 12.3. The van der Waals surface area contributed by atoms with Gasteiger partial charge in [0, 0.05) is 13.1 Å². The van der Waals surface area contributed by atoms with E-state index in [1.165, 1.54) is 37.7 Å². The molecule has 1 aliphatic rings. The first-order chi connectivity index (χ1) is 9.09. The highest BCUT2D eigenvalue weighted by Crippen LogP contribution is 2.25. The van der Waals surface area contributed by atoms with E-state index in [2.05, 4.69) is 30.3 Å². The van der Waals surface area contributed by atoms with E-state index in [-0.39, 0.29) is 0 Å². The van der Waals surface area contributed by atoms with Gasteiger partial charge in [-0.25, -0.2) is 8.51 Å². The Kier molecular flexibility index (Phi) is 5.17. The number of rotatable bonds is 4. The molecule has 2 nitrogen and oxygen atoms in total. The molecule has 1 aliphatic carbocycles. The van der Waals surface area contributed by atoms with Crippen LogP contribution in [0.1, 0.15) is 57.4 Å². The monoisotopic (exact) mass is 279 g/mol. The Balaban J connectivity index is 2.05. The highest BCUT2D eigenvalue weighted by Gasteiger charge is 2.22. The second-order valence-corrected chi connectivity index (χ2v) is 7.36. The molecule has 1 atom stereocenters. The van der Waals surface area contributed by atoms with Crippen molar-refractivity contribution in [1.82, 2.24) is 4.31 Å². The Morgan fingerprint density at radius 3 is 2.21 bits per heavy atom. The predicted molar refractivity (Wildman–Crippen MR) is 81.6 cm³/mol. The van der Waals surface area contributed by atoms with Crippen molar-refractivity contribution in [3.63, 3.8) is 0 Å². The fourth-order valence-corrected chi connectivity index (χ4v) is 3.90. The summed E-state index contributed by atoms with van der Waals surface area (Å²) in [6.45, 7) is 4.36. The zero-order chi connectivity index (χ0) is 13.8. The van der Waals surface area contributed by atoms with Crippen LogP contribution in [-0.2, 0) is 11.0 Å². The largest absolute Gasteiger partial charge is 0.237 e. The van der Waals surface area contributed by atoms with Crippen LogP contribution >= 0.6 is 0 Å². The first-order valence-corrected chi connectivity index (χ1v) is 8.45. The van der Waals surface area contributed by atoms with Gasteiger partial charge in [0.2, 0.25) is 0 Å². The topological polar surface area (TPSA) is 20.3 Å². The highest BCUT2D eigenvalue weighted by atomic mass is 32.2. The SMILES string of the molecule is CC(C)c1ccc(S(=O)N(C)C2CCCCC2)cc1. The summed E-state index contributed by atoms with van der Waals surface area (Å²) >= 11 is 0. The van der Waals surface area contributed by atoms with E-state index in [0.29, 0.717) is 12.0 Å². The molecule has 3 heteroatoms. The van der Waals surface area contributed by atoms with Gasteiger partial charge in [0.15, 0.2) is 0 Å². The molecule has 0 bridgehead atoms. The number of hydrogen-bond acceptors (Lipinski definition) is 1. The lowest BCUT2D eigenvalue weighted by atomic mass is 9.96. The standard InChI is InChI=1S/C16H25NOS/c1-13(2)14-9-11-16(12-10-14)19(18)17(3)15-7-5-4-6-8-15/h9-13,15H,4-8H2,1-3H3. The number of benzene rings is 1. The third-order valence-electron chi connectivity index (χ3n) is 4.10. The van der Waals surface area contributed by atoms with Crippen molar-refractivity contribution in [2.45, 2.75) is 62.8 Å². The molecule has 106 valence electrons. The van der Waals surface area contributed by atoms with Crippen LogP contribution in [-0.4, -0.2) is 21.6 Å². The molecule has 0 spiro atoms. The van der Waals surface area contributed by atoms with Crippen LogP contribution in [0.2, 0.25) is 0 Å². The molecule has 0 radical (unpaired) electrons. The quantitative estimate of drug-likeness (QED) is 0.812. The molecular weight excluding hydrogens is 254 g/mol. The van der Waals surface area contributed by atoms with Crippen molar-refractivity contribution >= 4 is 11.0 Å². The van der Waals surface area contributed by atoms with Gasteiger partial charge in [0.05, 0.1) is 4.90 Å². The predicted octanol–water partition coefficient (Wildman–Crippen LogP) is 4.10. The fourth-order valence-electron chi connectivity index (χ4n) is 2.72. The molecule has 0 N–H and O–H groups in total. The van der Waals surface area contributed by atoms with E-state index in [1.807, 2.05) is 19.2 Å². The summed E-state index contributed by atoms with van der Waals surface area (Å²) in [5.74, 6) is 0.526. The van der Waals surface area contributed by atoms with E-state index in [9.17, 15) is 4.21 Å². The van der Waals surface area contributed by atoms with Gasteiger partial charge in [0.25, 0.3) is 0 Å². The third kappa shape index (κ3) is 3.67. The zero-order valence-corrected chi connectivity index (χ0v) is 13.1. The minimum absolute atomic E-state index is 0.486. The van der Waals surface area contributed by atoms with E-state index in [0.717, 1.165) is 4.90 Å². The Morgan fingerprint density at radius 2 is 1.68 bits per heavy atom. The summed E-state index contributed by atoms with van der Waals surface area (Å²) in [7, 11) is 0.989. The van der Waals surface area contributed by atoms with Gasteiger partial charge >= 0.3 is 0 Å². The average Bonchev–Trinajstić information content (AvgIpc) is 2.46. The molecule has 2 rings (SSSR count). The maximum absolute atomic E-state index is 12.6. The lowest BCUT2D eigenvalue weighted by Crippen LogP contribution is -2.34. The molecule has 0 aliphatic heterocycles. The highest BCUT2D eigenvalue weighted by molar-refractivity contribution is 7.82. The summed E-state index contributed by atoms with van der Waals surface area (Å²) in [4.78, 5) is 0.928. The lowest BCUT2D eigenvalue weighted by molar-refractivity contribution is 0.296. The van der Waals surface area contributed by atoms with Crippen molar-refractivity contribution in [2.75, 3.05) is 7.05 Å². The third-order valence-corrected chi connectivity index (χ3v) is 5.60. The molecular formula is C16H25NOS. The van der Waals surface area contributed by atoms with Gasteiger partial charge in [-0.15, -0.1) is 0 Å². The molecule has 1 unspecified atom stereocenters. The van der Waals surface area contributed by atoms with Crippen LogP contribution in [0.5, 0.6) is 0 Å². The van der Waals surface area contributed by atoms with Crippen LogP contribution < -0.4 is 0 Å². The van der Waals surface area contributed by atoms with Gasteiger partial charge in [-0.05, 0) is 36.5 Å². The average molecular weight is 279 g/mol. The number of hydrogen-bond donors (Lipinski definition) is 0. The van der Waals surface area contributed by atoms with Crippen LogP contribution in [0.4, 0.5) is 0 Å². The summed E-state index contributed by atoms with van der Waals surface area (Å²) < 4.78 is 14.6. The smallest absolute Gasteiger partial charge is 0.127 e. The maximum Gasteiger partial charge on any atom is 0.127 e. The van der Waals surface area contributed by atoms with E-state index in [1.54, 1.807) is 0 Å². The summed E-state index contributed by atoms with van der Waals surface area (Å²) in [6, 6.07) is 8.73. The second-order valence-electron chi connectivity index (χ2n) is 5.81. The van der Waals surface area contributed by atoms with Gasteiger partial charge < -0.3 is 0 Å². The minimum Gasteiger partial charge on any atom is -0.237 e. The van der Waals surface area contributed by atoms with Gasteiger partial charge in [-0.1, -0.05) is 45.2 Å². The van der Waals surface area contributed by atoms with Gasteiger partial charge in [0.1, 0.15) is 11.0 Å². The van der Waals surface area contributed by atoms with E-state index >= 15 is 0 Å². The van der Waals surface area contributed by atoms with Crippen molar-refractivity contribution in [1.29, 1.82) is 0 Å². The van der Waals surface area contributed by atoms with Gasteiger partial charge in [-0.3, -0.25) is 0 Å². The van der Waals surface area contributed by atoms with Crippen molar-refractivity contribution in [3.05, 3.63) is 29.8 Å². The summed E-state index contributed by atoms with van der Waals surface area (Å²) in [5.41, 5.74) is 1.31. The van der Waals surface area contributed by atoms with Crippen LogP contribution in [0.25, 0.3) is 0 Å². The molecule has 1 fully saturated rings. The van der Waals surface area contributed by atoms with Crippen molar-refractivity contribution in [2.24, 2.45) is 0 Å². The van der Waals surface area contributed by atoms with Crippen molar-refractivity contribution in [3.8, 4) is 0 Å². The molecule has 1 aromatic rings. The Morgan fingerprint density at radius 1 is 1.11 bits per heavy atom. The molecule has 0 saturated heterocycles. The van der Waals surface area contributed by atoms with Crippen molar-refractivity contribution < 1.29 is 4.21 Å². The first-order valence-electron chi connectivity index (χ1n) is 7.34. The fraction of sp³-hybridized carbons (Fsp3) is 0.625. The summed E-state index contributed by atoms with van der Waals surface area (Å²) in [6.07, 6.45) is 6.26.